The highest BCUT2D eigenvalue weighted by atomic mass is 32.1. The number of amides is 1. The van der Waals surface area contributed by atoms with E-state index in [-0.39, 0.29) is 17.9 Å². The van der Waals surface area contributed by atoms with Crippen molar-refractivity contribution in [2.24, 2.45) is 0 Å². The second-order valence-electron chi connectivity index (χ2n) is 6.62. The Kier molecular flexibility index (Phi) is 5.04. The van der Waals surface area contributed by atoms with Crippen LogP contribution in [0, 0.1) is 0 Å². The topological polar surface area (TPSA) is 73.7 Å². The Morgan fingerprint density at radius 1 is 1.14 bits per heavy atom. The number of thiophene rings is 1. The van der Waals surface area contributed by atoms with Gasteiger partial charge in [-0.3, -0.25) is 14.2 Å². The summed E-state index contributed by atoms with van der Waals surface area (Å²) in [6.45, 7) is 1.51. The number of ether oxygens (including phenoxy) is 2. The molecule has 0 atom stereocenters. The Morgan fingerprint density at radius 3 is 2.75 bits per heavy atom. The number of fused-ring (bicyclic) bond motifs is 2. The molecule has 0 unspecified atom stereocenters. The minimum atomic E-state index is -0.0100. The van der Waals surface area contributed by atoms with Crippen LogP contribution in [0.2, 0.25) is 0 Å². The predicted molar refractivity (Wildman–Crippen MR) is 107 cm³/mol. The number of rotatable bonds is 4. The van der Waals surface area contributed by atoms with Gasteiger partial charge in [0.2, 0.25) is 5.91 Å². The van der Waals surface area contributed by atoms with Gasteiger partial charge in [-0.25, -0.2) is 4.98 Å². The second kappa shape index (κ2) is 7.63. The van der Waals surface area contributed by atoms with Crippen molar-refractivity contribution in [1.82, 2.24) is 14.5 Å². The number of hydrogen-bond donors (Lipinski definition) is 0. The molecule has 1 aromatic carbocycles. The number of aromatic nitrogens is 2. The third-order valence-electron chi connectivity index (χ3n) is 5.00. The van der Waals surface area contributed by atoms with Gasteiger partial charge in [0.1, 0.15) is 10.5 Å². The van der Waals surface area contributed by atoms with Crippen molar-refractivity contribution >= 4 is 27.5 Å². The van der Waals surface area contributed by atoms with Gasteiger partial charge in [-0.2, -0.15) is 0 Å². The van der Waals surface area contributed by atoms with Crippen LogP contribution < -0.4 is 15.0 Å². The van der Waals surface area contributed by atoms with Gasteiger partial charge in [0.05, 0.1) is 26.2 Å². The largest absolute Gasteiger partial charge is 0.493 e. The molecular formula is C20H21N3O4S. The Balaban J connectivity index is 1.51. The van der Waals surface area contributed by atoms with Crippen molar-refractivity contribution < 1.29 is 14.3 Å². The van der Waals surface area contributed by atoms with Gasteiger partial charge in [-0.1, -0.05) is 6.07 Å². The maximum atomic E-state index is 12.8. The van der Waals surface area contributed by atoms with E-state index in [0.717, 1.165) is 16.9 Å². The van der Waals surface area contributed by atoms with Crippen molar-refractivity contribution in [3.05, 3.63) is 51.4 Å². The van der Waals surface area contributed by atoms with Crippen LogP contribution in [-0.4, -0.2) is 47.7 Å². The highest BCUT2D eigenvalue weighted by Gasteiger charge is 2.21. The molecule has 3 heterocycles. The number of carbonyl (C=O) groups is 1. The van der Waals surface area contributed by atoms with Crippen LogP contribution in [0.15, 0.2) is 34.4 Å². The molecule has 3 aromatic rings. The van der Waals surface area contributed by atoms with Crippen LogP contribution >= 0.6 is 11.3 Å². The molecule has 1 amide bonds. The first kappa shape index (κ1) is 18.5. The lowest BCUT2D eigenvalue weighted by atomic mass is 10.1. The zero-order valence-electron chi connectivity index (χ0n) is 15.8. The fourth-order valence-electron chi connectivity index (χ4n) is 3.51. The first-order valence-corrected chi connectivity index (χ1v) is 9.94. The zero-order valence-corrected chi connectivity index (χ0v) is 16.6. The first-order chi connectivity index (χ1) is 13.6. The molecule has 0 saturated carbocycles. The van der Waals surface area contributed by atoms with E-state index in [4.69, 9.17) is 9.47 Å². The molecule has 146 valence electrons. The van der Waals surface area contributed by atoms with Crippen LogP contribution in [0.4, 0.5) is 0 Å². The normalized spacial score (nSPS) is 13.9. The molecule has 4 rings (SSSR count). The lowest BCUT2D eigenvalue weighted by Crippen LogP contribution is -2.35. The van der Waals surface area contributed by atoms with Gasteiger partial charge < -0.3 is 14.4 Å². The molecule has 8 heteroatoms. The van der Waals surface area contributed by atoms with E-state index >= 15 is 0 Å². The van der Waals surface area contributed by atoms with E-state index in [1.807, 2.05) is 23.6 Å². The zero-order chi connectivity index (χ0) is 19.7. The molecule has 0 N–H and O–H groups in total. The minimum absolute atomic E-state index is 0.0100. The van der Waals surface area contributed by atoms with Gasteiger partial charge in [0.25, 0.3) is 5.56 Å². The number of hydrogen-bond acceptors (Lipinski definition) is 6. The monoisotopic (exact) mass is 399 g/mol. The van der Waals surface area contributed by atoms with Crippen LogP contribution in [0.25, 0.3) is 10.2 Å². The number of methoxy groups -OCH3 is 2. The predicted octanol–water partition coefficient (Wildman–Crippen LogP) is 2.10. The molecule has 0 radical (unpaired) electrons. The summed E-state index contributed by atoms with van der Waals surface area (Å²) in [5.74, 6) is 2.01. The van der Waals surface area contributed by atoms with Crippen LogP contribution in [0.3, 0.4) is 0 Å². The van der Waals surface area contributed by atoms with E-state index in [9.17, 15) is 9.59 Å². The van der Waals surface area contributed by atoms with E-state index in [0.29, 0.717) is 42.3 Å². The van der Waals surface area contributed by atoms with Gasteiger partial charge in [0, 0.05) is 26.1 Å². The summed E-state index contributed by atoms with van der Waals surface area (Å²) in [5.41, 5.74) is 1.59. The Morgan fingerprint density at radius 2 is 1.96 bits per heavy atom. The van der Waals surface area contributed by atoms with Gasteiger partial charge in [0.15, 0.2) is 11.5 Å². The molecule has 1 aliphatic heterocycles. The lowest BCUT2D eigenvalue weighted by molar-refractivity contribution is -0.130. The summed E-state index contributed by atoms with van der Waals surface area (Å²) in [6, 6.07) is 7.36. The molecule has 0 fully saturated rings. The van der Waals surface area contributed by atoms with Crippen molar-refractivity contribution in [3.8, 4) is 11.5 Å². The van der Waals surface area contributed by atoms with Gasteiger partial charge >= 0.3 is 0 Å². The van der Waals surface area contributed by atoms with E-state index < -0.39 is 0 Å². The lowest BCUT2D eigenvalue weighted by Gasteiger charge is -2.20. The molecule has 2 aromatic heterocycles. The Bertz CT molecular complexity index is 1090. The van der Waals surface area contributed by atoms with Crippen LogP contribution in [-0.2, 0) is 24.2 Å². The maximum absolute atomic E-state index is 12.8. The van der Waals surface area contributed by atoms with E-state index in [1.165, 1.54) is 11.3 Å². The molecule has 1 aliphatic rings. The van der Waals surface area contributed by atoms with Gasteiger partial charge in [-0.15, -0.1) is 11.3 Å². The van der Waals surface area contributed by atoms with E-state index in [1.54, 1.807) is 29.8 Å². The van der Waals surface area contributed by atoms with Crippen molar-refractivity contribution in [1.29, 1.82) is 0 Å². The highest BCUT2D eigenvalue weighted by Crippen LogP contribution is 2.28. The summed E-state index contributed by atoms with van der Waals surface area (Å²) in [7, 11) is 3.16. The Hall–Kier alpha value is -2.87. The fraction of sp³-hybridized carbons (Fsp3) is 0.350. The summed E-state index contributed by atoms with van der Waals surface area (Å²) < 4.78 is 12.9. The second-order valence-corrected chi connectivity index (χ2v) is 7.53. The maximum Gasteiger partial charge on any atom is 0.271 e. The summed E-state index contributed by atoms with van der Waals surface area (Å²) >= 11 is 1.41. The highest BCUT2D eigenvalue weighted by molar-refractivity contribution is 7.17. The molecule has 0 saturated heterocycles. The number of benzene rings is 1. The fourth-order valence-corrected chi connectivity index (χ4v) is 4.28. The summed E-state index contributed by atoms with van der Waals surface area (Å²) in [5, 5.41) is 1.89. The van der Waals surface area contributed by atoms with Crippen LogP contribution in [0.5, 0.6) is 11.5 Å². The molecule has 28 heavy (non-hydrogen) atoms. The van der Waals surface area contributed by atoms with Crippen molar-refractivity contribution in [3.63, 3.8) is 0 Å². The average molecular weight is 399 g/mol. The number of nitrogens with zero attached hydrogens (tertiary/aromatic N) is 3. The smallest absolute Gasteiger partial charge is 0.271 e. The summed E-state index contributed by atoms with van der Waals surface area (Å²) in [6.07, 6.45) is 0.840. The third kappa shape index (κ3) is 3.35. The molecule has 0 aliphatic carbocycles. The minimum Gasteiger partial charge on any atom is -0.493 e. The SMILES string of the molecule is COc1ccc(CC(=O)N2CCc3nc4ccsc4c(=O)n3CC2)cc1OC. The Labute approximate surface area is 166 Å². The molecule has 0 spiro atoms. The third-order valence-corrected chi connectivity index (χ3v) is 5.89. The summed E-state index contributed by atoms with van der Waals surface area (Å²) in [4.78, 5) is 32.0. The number of carbonyl (C=O) groups excluding carboxylic acids is 1. The van der Waals surface area contributed by atoms with Crippen molar-refractivity contribution in [2.75, 3.05) is 27.3 Å². The molecular weight excluding hydrogens is 378 g/mol. The molecule has 7 nitrogen and oxygen atoms in total. The van der Waals surface area contributed by atoms with Gasteiger partial charge in [-0.05, 0) is 29.1 Å². The van der Waals surface area contributed by atoms with Crippen LogP contribution in [0.1, 0.15) is 11.4 Å². The van der Waals surface area contributed by atoms with E-state index in [2.05, 4.69) is 4.98 Å². The quantitative estimate of drug-likeness (QED) is 0.672. The average Bonchev–Trinajstić information content (AvgIpc) is 3.07. The first-order valence-electron chi connectivity index (χ1n) is 9.06. The van der Waals surface area contributed by atoms with Crippen molar-refractivity contribution in [2.45, 2.75) is 19.4 Å². The molecule has 0 bridgehead atoms. The standard InChI is InChI=1S/C20H21N3O4S/c1-26-15-4-3-13(11-16(15)27-2)12-18(24)22-7-5-17-21-14-6-10-28-19(14)20(25)23(17)9-8-22/h3-4,6,10-11H,5,7-9,12H2,1-2H3.